The quantitative estimate of drug-likeness (QED) is 0.770. The molecule has 0 aliphatic carbocycles. The number of carboxylic acids is 1. The lowest BCUT2D eigenvalue weighted by molar-refractivity contribution is -0.255. The van der Waals surface area contributed by atoms with E-state index in [0.717, 1.165) is 6.20 Å². The fraction of sp³-hybridized carbons (Fsp3) is 0.143. The van der Waals surface area contributed by atoms with Crippen LogP contribution in [0.25, 0.3) is 0 Å². The summed E-state index contributed by atoms with van der Waals surface area (Å²) in [5, 5.41) is 10.4. The summed E-state index contributed by atoms with van der Waals surface area (Å²) in [6.45, 7) is 0. The predicted molar refractivity (Wildman–Crippen MR) is 41.3 cm³/mol. The maximum absolute atomic E-state index is 12.1. The van der Waals surface area contributed by atoms with Crippen LogP contribution in [-0.4, -0.2) is 11.0 Å². The monoisotopic (exact) mass is 268 g/mol. The first kappa shape index (κ1) is 11.0. The minimum atomic E-state index is -4.66. The Kier molecular flexibility index (Phi) is 2.79. The van der Waals surface area contributed by atoms with E-state index in [1.54, 1.807) is 0 Å². The zero-order valence-electron chi connectivity index (χ0n) is 6.43. The van der Waals surface area contributed by atoms with E-state index in [9.17, 15) is 23.1 Å². The second-order valence-corrected chi connectivity index (χ2v) is 3.19. The molecule has 1 aromatic heterocycles. The summed E-state index contributed by atoms with van der Waals surface area (Å²) in [5.74, 6) is -1.69. The van der Waals surface area contributed by atoms with Crippen molar-refractivity contribution >= 4 is 21.9 Å². The van der Waals surface area contributed by atoms with E-state index in [4.69, 9.17) is 0 Å². The van der Waals surface area contributed by atoms with E-state index in [-0.39, 0.29) is 4.47 Å². The molecule has 0 aliphatic heterocycles. The molecule has 0 spiro atoms. The van der Waals surface area contributed by atoms with Crippen molar-refractivity contribution in [2.24, 2.45) is 0 Å². The fourth-order valence-electron chi connectivity index (χ4n) is 0.750. The second kappa shape index (κ2) is 3.56. The summed E-state index contributed by atoms with van der Waals surface area (Å²) < 4.78 is 36.2. The van der Waals surface area contributed by atoms with Gasteiger partial charge in [0, 0.05) is 16.2 Å². The van der Waals surface area contributed by atoms with E-state index in [0.29, 0.717) is 6.07 Å². The number of aromatic carboxylic acids is 1. The number of hydrogen-bond acceptors (Lipinski definition) is 3. The van der Waals surface area contributed by atoms with Gasteiger partial charge in [-0.1, -0.05) is 0 Å². The van der Waals surface area contributed by atoms with Crippen molar-refractivity contribution in [2.75, 3.05) is 0 Å². The van der Waals surface area contributed by atoms with Crippen molar-refractivity contribution in [1.82, 2.24) is 4.98 Å². The van der Waals surface area contributed by atoms with Crippen LogP contribution in [0, 0.1) is 0 Å². The molecular weight excluding hydrogens is 267 g/mol. The SMILES string of the molecule is O=C([O-])c1cc(C(F)(F)F)ncc1Br. The summed E-state index contributed by atoms with van der Waals surface area (Å²) in [4.78, 5) is 13.4. The van der Waals surface area contributed by atoms with Gasteiger partial charge in [-0.3, -0.25) is 4.98 Å². The molecule has 7 heteroatoms. The summed E-state index contributed by atoms with van der Waals surface area (Å²) in [7, 11) is 0. The molecule has 0 aromatic carbocycles. The zero-order chi connectivity index (χ0) is 10.9. The van der Waals surface area contributed by atoms with Crippen LogP contribution in [0.3, 0.4) is 0 Å². The van der Waals surface area contributed by atoms with Crippen LogP contribution in [-0.2, 0) is 6.18 Å². The van der Waals surface area contributed by atoms with Crippen LogP contribution in [0.5, 0.6) is 0 Å². The van der Waals surface area contributed by atoms with Gasteiger partial charge in [0.25, 0.3) is 0 Å². The lowest BCUT2D eigenvalue weighted by Gasteiger charge is -2.09. The number of nitrogens with zero attached hydrogens (tertiary/aromatic N) is 1. The van der Waals surface area contributed by atoms with Gasteiger partial charge in [-0.25, -0.2) is 0 Å². The van der Waals surface area contributed by atoms with Gasteiger partial charge in [0.05, 0.1) is 5.97 Å². The molecular formula is C7H2BrF3NO2-. The molecule has 76 valence electrons. The molecule has 0 aliphatic rings. The molecule has 1 aromatic rings. The summed E-state index contributed by atoms with van der Waals surface area (Å²) in [6, 6.07) is 0.416. The highest BCUT2D eigenvalue weighted by molar-refractivity contribution is 9.10. The largest absolute Gasteiger partial charge is 0.545 e. The molecule has 0 bridgehead atoms. The minimum Gasteiger partial charge on any atom is -0.545 e. The average Bonchev–Trinajstić information content (AvgIpc) is 2.02. The Bertz CT molecular complexity index is 378. The maximum atomic E-state index is 12.1. The first-order chi connectivity index (χ1) is 6.32. The zero-order valence-corrected chi connectivity index (χ0v) is 8.02. The first-order valence-electron chi connectivity index (χ1n) is 3.26. The Balaban J connectivity index is 3.27. The van der Waals surface area contributed by atoms with Gasteiger partial charge < -0.3 is 9.90 Å². The Morgan fingerprint density at radius 2 is 2.07 bits per heavy atom. The molecule has 14 heavy (non-hydrogen) atoms. The third kappa shape index (κ3) is 2.22. The normalized spacial score (nSPS) is 11.4. The van der Waals surface area contributed by atoms with E-state index in [1.807, 2.05) is 0 Å². The first-order valence-corrected chi connectivity index (χ1v) is 4.06. The average molecular weight is 269 g/mol. The molecule has 0 amide bonds. The molecule has 0 radical (unpaired) electrons. The van der Waals surface area contributed by atoms with Gasteiger partial charge in [0.2, 0.25) is 0 Å². The van der Waals surface area contributed by atoms with E-state index in [1.165, 1.54) is 0 Å². The smallest absolute Gasteiger partial charge is 0.433 e. The highest BCUT2D eigenvalue weighted by atomic mass is 79.9. The van der Waals surface area contributed by atoms with Gasteiger partial charge in [-0.15, -0.1) is 0 Å². The third-order valence-electron chi connectivity index (χ3n) is 1.37. The number of alkyl halides is 3. The van der Waals surface area contributed by atoms with Crippen LogP contribution >= 0.6 is 15.9 Å². The van der Waals surface area contributed by atoms with Crippen LogP contribution in [0.15, 0.2) is 16.7 Å². The standard InChI is InChI=1S/C7H3BrF3NO2/c8-4-2-12-5(7(9,10)11)1-3(4)6(13)14/h1-2H,(H,13,14)/p-1. The minimum absolute atomic E-state index is 0.0505. The Hall–Kier alpha value is -1.11. The molecule has 1 heterocycles. The number of pyridine rings is 1. The highest BCUT2D eigenvalue weighted by Crippen LogP contribution is 2.29. The van der Waals surface area contributed by atoms with Crippen molar-refractivity contribution < 1.29 is 23.1 Å². The Morgan fingerprint density at radius 1 is 1.50 bits per heavy atom. The van der Waals surface area contributed by atoms with Crippen molar-refractivity contribution in [1.29, 1.82) is 0 Å². The van der Waals surface area contributed by atoms with Crippen LogP contribution in [0.1, 0.15) is 16.1 Å². The Morgan fingerprint density at radius 3 is 2.50 bits per heavy atom. The van der Waals surface area contributed by atoms with Crippen LogP contribution < -0.4 is 5.11 Å². The van der Waals surface area contributed by atoms with E-state index < -0.39 is 23.4 Å². The molecule has 1 rings (SSSR count). The molecule has 0 fully saturated rings. The van der Waals surface area contributed by atoms with Gasteiger partial charge in [-0.05, 0) is 22.0 Å². The van der Waals surface area contributed by atoms with E-state index >= 15 is 0 Å². The summed E-state index contributed by atoms with van der Waals surface area (Å²) in [5.41, 5.74) is -1.84. The van der Waals surface area contributed by atoms with Gasteiger partial charge in [0.1, 0.15) is 5.69 Å². The lowest BCUT2D eigenvalue weighted by atomic mass is 10.2. The number of halogens is 4. The highest BCUT2D eigenvalue weighted by Gasteiger charge is 2.32. The molecule has 0 atom stereocenters. The van der Waals surface area contributed by atoms with Crippen molar-refractivity contribution in [3.05, 3.63) is 28.0 Å². The van der Waals surface area contributed by atoms with E-state index in [2.05, 4.69) is 20.9 Å². The number of carbonyl (C=O) groups excluding carboxylic acids is 1. The van der Waals surface area contributed by atoms with Crippen LogP contribution in [0.2, 0.25) is 0 Å². The number of carboxylic acid groups (broad SMARTS) is 1. The molecule has 0 N–H and O–H groups in total. The second-order valence-electron chi connectivity index (χ2n) is 2.33. The molecule has 3 nitrogen and oxygen atoms in total. The number of hydrogen-bond donors (Lipinski definition) is 0. The molecule has 0 saturated heterocycles. The summed E-state index contributed by atoms with van der Waals surface area (Å²) in [6.07, 6.45) is -3.89. The number of carbonyl (C=O) groups is 1. The predicted octanol–water partition coefficient (Wildman–Crippen LogP) is 1.23. The van der Waals surface area contributed by atoms with Crippen molar-refractivity contribution in [3.8, 4) is 0 Å². The number of aromatic nitrogens is 1. The lowest BCUT2D eigenvalue weighted by Crippen LogP contribution is -2.23. The molecule has 0 unspecified atom stereocenters. The van der Waals surface area contributed by atoms with Gasteiger partial charge >= 0.3 is 6.18 Å². The fourth-order valence-corrected chi connectivity index (χ4v) is 1.13. The Labute approximate surface area is 84.7 Å². The number of rotatable bonds is 1. The third-order valence-corrected chi connectivity index (χ3v) is 2.00. The maximum Gasteiger partial charge on any atom is 0.433 e. The summed E-state index contributed by atoms with van der Waals surface area (Å²) >= 11 is 2.75. The van der Waals surface area contributed by atoms with Crippen molar-refractivity contribution in [2.45, 2.75) is 6.18 Å². The van der Waals surface area contributed by atoms with Crippen LogP contribution in [0.4, 0.5) is 13.2 Å². The van der Waals surface area contributed by atoms with Gasteiger partial charge in [0.15, 0.2) is 0 Å². The van der Waals surface area contributed by atoms with Crippen molar-refractivity contribution in [3.63, 3.8) is 0 Å². The van der Waals surface area contributed by atoms with Gasteiger partial charge in [-0.2, -0.15) is 13.2 Å². The molecule has 0 saturated carbocycles. The topological polar surface area (TPSA) is 53.0 Å².